The number of carboxylic acids is 1. The monoisotopic (exact) mass is 191 g/mol. The Kier molecular flexibility index (Phi) is 3.82. The molecule has 70 valence electrons. The molecule has 1 fully saturated rings. The second-order valence-corrected chi connectivity index (χ2v) is 3.60. The maximum absolute atomic E-state index is 10.4. The number of hydrogen-bond acceptors (Lipinski definition) is 2. The Labute approximate surface area is 77.3 Å². The van der Waals surface area contributed by atoms with Crippen LogP contribution in [0.2, 0.25) is 0 Å². The molecule has 0 aromatic rings. The highest BCUT2D eigenvalue weighted by molar-refractivity contribution is 6.18. The van der Waals surface area contributed by atoms with Gasteiger partial charge < -0.3 is 5.11 Å². The average molecular weight is 192 g/mol. The first kappa shape index (κ1) is 9.81. The summed E-state index contributed by atoms with van der Waals surface area (Å²) >= 11 is 5.71. The summed E-state index contributed by atoms with van der Waals surface area (Å²) < 4.78 is 0. The largest absolute Gasteiger partial charge is 0.480 e. The number of carboxylic acid groups (broad SMARTS) is 1. The number of hydrogen-bond donors (Lipinski definition) is 1. The molecule has 1 aliphatic heterocycles. The van der Waals surface area contributed by atoms with Crippen molar-refractivity contribution in [3.05, 3.63) is 0 Å². The third kappa shape index (κ3) is 2.99. The molecular formula is C8H14ClNO2. The molecule has 3 nitrogen and oxygen atoms in total. The number of halogens is 1. The number of nitrogens with zero attached hydrogens (tertiary/aromatic N) is 1. The SMILES string of the molecule is O=C(O)CN1CCCC(CCl)C1. The van der Waals surface area contributed by atoms with Gasteiger partial charge in [-0.25, -0.2) is 0 Å². The van der Waals surface area contributed by atoms with Gasteiger partial charge in [0.1, 0.15) is 0 Å². The lowest BCUT2D eigenvalue weighted by Gasteiger charge is -2.30. The molecule has 0 amide bonds. The molecule has 0 spiro atoms. The molecule has 12 heavy (non-hydrogen) atoms. The fraction of sp³-hybridized carbons (Fsp3) is 0.875. The van der Waals surface area contributed by atoms with Crippen molar-refractivity contribution < 1.29 is 9.90 Å². The first-order valence-corrected chi connectivity index (χ1v) is 4.76. The second-order valence-electron chi connectivity index (χ2n) is 3.29. The van der Waals surface area contributed by atoms with E-state index in [1.807, 2.05) is 4.90 Å². The molecule has 1 aliphatic rings. The molecule has 1 heterocycles. The standard InChI is InChI=1S/C8H14ClNO2/c9-4-7-2-1-3-10(5-7)6-8(11)12/h7H,1-6H2,(H,11,12). The van der Waals surface area contributed by atoms with Crippen molar-refractivity contribution >= 4 is 17.6 Å². The molecule has 0 aromatic carbocycles. The molecule has 4 heteroatoms. The predicted octanol–water partition coefficient (Wildman–Crippen LogP) is 1.02. The van der Waals surface area contributed by atoms with Gasteiger partial charge >= 0.3 is 5.97 Å². The van der Waals surface area contributed by atoms with Crippen LogP contribution in [0.1, 0.15) is 12.8 Å². The van der Waals surface area contributed by atoms with Gasteiger partial charge in [-0.05, 0) is 25.3 Å². The Morgan fingerprint density at radius 3 is 3.00 bits per heavy atom. The minimum absolute atomic E-state index is 0.160. The number of carbonyl (C=O) groups is 1. The summed E-state index contributed by atoms with van der Waals surface area (Å²) in [5.41, 5.74) is 0. The number of alkyl halides is 1. The zero-order valence-electron chi connectivity index (χ0n) is 7.00. The van der Waals surface area contributed by atoms with Crippen LogP contribution in [-0.4, -0.2) is 41.5 Å². The Morgan fingerprint density at radius 1 is 1.67 bits per heavy atom. The quantitative estimate of drug-likeness (QED) is 0.678. The van der Waals surface area contributed by atoms with Gasteiger partial charge in [0.2, 0.25) is 0 Å². The van der Waals surface area contributed by atoms with E-state index in [0.717, 1.165) is 25.9 Å². The summed E-state index contributed by atoms with van der Waals surface area (Å²) in [5.74, 6) is 0.390. The van der Waals surface area contributed by atoms with Crippen LogP contribution < -0.4 is 0 Å². The summed E-state index contributed by atoms with van der Waals surface area (Å²) in [4.78, 5) is 12.3. The van der Waals surface area contributed by atoms with Crippen molar-refractivity contribution in [1.29, 1.82) is 0 Å². The highest BCUT2D eigenvalue weighted by Crippen LogP contribution is 2.16. The summed E-state index contributed by atoms with van der Waals surface area (Å²) in [6.45, 7) is 1.91. The Hall–Kier alpha value is -0.280. The summed E-state index contributed by atoms with van der Waals surface area (Å²) in [7, 11) is 0. The van der Waals surface area contributed by atoms with Crippen molar-refractivity contribution in [3.8, 4) is 0 Å². The zero-order chi connectivity index (χ0) is 8.97. The molecular weight excluding hydrogens is 178 g/mol. The van der Waals surface area contributed by atoms with Gasteiger partial charge in [0, 0.05) is 12.4 Å². The maximum Gasteiger partial charge on any atom is 0.317 e. The lowest BCUT2D eigenvalue weighted by atomic mass is 10.0. The first-order chi connectivity index (χ1) is 5.72. The van der Waals surface area contributed by atoms with E-state index in [2.05, 4.69) is 0 Å². The molecule has 1 rings (SSSR count). The fourth-order valence-corrected chi connectivity index (χ4v) is 1.86. The third-order valence-electron chi connectivity index (χ3n) is 2.18. The van der Waals surface area contributed by atoms with Gasteiger partial charge in [-0.1, -0.05) is 0 Å². The smallest absolute Gasteiger partial charge is 0.317 e. The van der Waals surface area contributed by atoms with Gasteiger partial charge in [-0.3, -0.25) is 9.69 Å². The van der Waals surface area contributed by atoms with Crippen LogP contribution in [0, 0.1) is 5.92 Å². The molecule has 0 bridgehead atoms. The molecule has 0 aliphatic carbocycles. The van der Waals surface area contributed by atoms with Crippen LogP contribution in [-0.2, 0) is 4.79 Å². The van der Waals surface area contributed by atoms with Crippen LogP contribution in [0.15, 0.2) is 0 Å². The minimum atomic E-state index is -0.745. The highest BCUT2D eigenvalue weighted by Gasteiger charge is 2.20. The van der Waals surface area contributed by atoms with E-state index in [4.69, 9.17) is 16.7 Å². The Balaban J connectivity index is 2.30. The lowest BCUT2D eigenvalue weighted by Crippen LogP contribution is -2.39. The molecule has 0 aromatic heterocycles. The van der Waals surface area contributed by atoms with E-state index >= 15 is 0 Å². The minimum Gasteiger partial charge on any atom is -0.480 e. The van der Waals surface area contributed by atoms with Crippen molar-refractivity contribution in [2.75, 3.05) is 25.5 Å². The van der Waals surface area contributed by atoms with Gasteiger partial charge in [-0.15, -0.1) is 11.6 Å². The van der Waals surface area contributed by atoms with Crippen LogP contribution >= 0.6 is 11.6 Å². The van der Waals surface area contributed by atoms with Crippen molar-refractivity contribution in [2.45, 2.75) is 12.8 Å². The van der Waals surface area contributed by atoms with Gasteiger partial charge in [0.15, 0.2) is 0 Å². The van der Waals surface area contributed by atoms with Crippen molar-refractivity contribution in [3.63, 3.8) is 0 Å². The second kappa shape index (κ2) is 4.67. The average Bonchev–Trinajstić information content (AvgIpc) is 2.03. The van der Waals surface area contributed by atoms with Crippen molar-refractivity contribution in [1.82, 2.24) is 4.90 Å². The topological polar surface area (TPSA) is 40.5 Å². The molecule has 1 N–H and O–H groups in total. The van der Waals surface area contributed by atoms with Gasteiger partial charge in [-0.2, -0.15) is 0 Å². The molecule has 0 radical (unpaired) electrons. The van der Waals surface area contributed by atoms with E-state index in [0.29, 0.717) is 11.8 Å². The molecule has 1 atom stereocenters. The zero-order valence-corrected chi connectivity index (χ0v) is 7.76. The number of likely N-dealkylation sites (tertiary alicyclic amines) is 1. The summed E-state index contributed by atoms with van der Waals surface area (Å²) in [6, 6.07) is 0. The van der Waals surface area contributed by atoms with E-state index in [-0.39, 0.29) is 6.54 Å². The van der Waals surface area contributed by atoms with E-state index < -0.39 is 5.97 Å². The number of piperidine rings is 1. The Bertz CT molecular complexity index is 163. The predicted molar refractivity (Wildman–Crippen MR) is 47.5 cm³/mol. The summed E-state index contributed by atoms with van der Waals surface area (Å²) in [6.07, 6.45) is 2.21. The van der Waals surface area contributed by atoms with Crippen molar-refractivity contribution in [2.24, 2.45) is 5.92 Å². The maximum atomic E-state index is 10.4. The first-order valence-electron chi connectivity index (χ1n) is 4.22. The normalized spacial score (nSPS) is 25.6. The highest BCUT2D eigenvalue weighted by atomic mass is 35.5. The van der Waals surface area contributed by atoms with E-state index in [1.165, 1.54) is 0 Å². The Morgan fingerprint density at radius 2 is 2.42 bits per heavy atom. The number of rotatable bonds is 3. The third-order valence-corrected chi connectivity index (χ3v) is 2.62. The van der Waals surface area contributed by atoms with Crippen LogP contribution in [0.3, 0.4) is 0 Å². The van der Waals surface area contributed by atoms with Crippen LogP contribution in [0.4, 0.5) is 0 Å². The number of aliphatic carboxylic acids is 1. The lowest BCUT2D eigenvalue weighted by molar-refractivity contribution is -0.138. The molecule has 1 saturated heterocycles. The van der Waals surface area contributed by atoms with Gasteiger partial charge in [0.25, 0.3) is 0 Å². The van der Waals surface area contributed by atoms with Crippen LogP contribution in [0.25, 0.3) is 0 Å². The van der Waals surface area contributed by atoms with Gasteiger partial charge in [0.05, 0.1) is 6.54 Å². The fourth-order valence-electron chi connectivity index (χ4n) is 1.61. The summed E-state index contributed by atoms with van der Waals surface area (Å²) in [5, 5.41) is 8.55. The van der Waals surface area contributed by atoms with E-state index in [1.54, 1.807) is 0 Å². The van der Waals surface area contributed by atoms with E-state index in [9.17, 15) is 4.79 Å². The molecule has 1 unspecified atom stereocenters. The molecule has 0 saturated carbocycles. The van der Waals surface area contributed by atoms with Crippen LogP contribution in [0.5, 0.6) is 0 Å².